The Hall–Kier alpha value is -0.760. The number of rotatable bonds is 3. The van der Waals surface area contributed by atoms with Crippen LogP contribution in [0.25, 0.3) is 11.4 Å². The zero-order chi connectivity index (χ0) is 13.1. The molecule has 0 unspecified atom stereocenters. The van der Waals surface area contributed by atoms with Crippen molar-refractivity contribution in [3.8, 4) is 11.4 Å². The summed E-state index contributed by atoms with van der Waals surface area (Å²) < 4.78 is 0. The van der Waals surface area contributed by atoms with Crippen LogP contribution in [-0.2, 0) is 0 Å². The molecule has 0 bridgehead atoms. The van der Waals surface area contributed by atoms with Crippen molar-refractivity contribution in [2.24, 2.45) is 0 Å². The van der Waals surface area contributed by atoms with E-state index < -0.39 is 11.9 Å². The van der Waals surface area contributed by atoms with E-state index in [0.29, 0.717) is 0 Å². The van der Waals surface area contributed by atoms with Gasteiger partial charge in [-0.2, -0.15) is 0 Å². The first kappa shape index (κ1) is 19.2. The van der Waals surface area contributed by atoms with E-state index in [2.05, 4.69) is 9.97 Å². The van der Waals surface area contributed by atoms with E-state index in [1.807, 2.05) is 0 Å². The van der Waals surface area contributed by atoms with Gasteiger partial charge in [0.25, 0.3) is 0 Å². The predicted octanol–water partition coefficient (Wildman–Crippen LogP) is -7.12. The minimum atomic E-state index is -1.45. The quantitative estimate of drug-likeness (QED) is 0.520. The smallest absolute Gasteiger partial charge is 0.545 e. The van der Waals surface area contributed by atoms with Gasteiger partial charge in [-0.25, -0.2) is 0 Å². The van der Waals surface area contributed by atoms with Gasteiger partial charge in [0.15, 0.2) is 0 Å². The third-order valence-electron chi connectivity index (χ3n) is 2.28. The molecular weight excluding hydrogens is 282 g/mol. The third-order valence-corrected chi connectivity index (χ3v) is 2.28. The normalized spacial score (nSPS) is 9.00. The molecule has 6 nitrogen and oxygen atoms in total. The molecule has 0 aromatic carbocycles. The zero-order valence-corrected chi connectivity index (χ0v) is 15.0. The first-order valence-corrected chi connectivity index (χ1v) is 4.94. The number of carbonyl (C=O) groups excluding carboxylic acids is 2. The fourth-order valence-electron chi connectivity index (χ4n) is 1.52. The van der Waals surface area contributed by atoms with Crippen LogP contribution in [0.1, 0.15) is 20.7 Å². The number of aromatic nitrogens is 2. The molecular formula is C12H6N2Na2O4. The standard InChI is InChI=1S/C12H8N2O4.2Na/c15-11(16)7-3-1-5-13-9(7)10-8(12(17)18)4-2-6-14-10;;/h1-6H,(H,15,16)(H,17,18);;/q;2*+1/p-2. The number of carbonyl (C=O) groups is 2. The number of pyridine rings is 2. The molecule has 0 fully saturated rings. The molecule has 90 valence electrons. The van der Waals surface area contributed by atoms with Crippen LogP contribution >= 0.6 is 0 Å². The number of nitrogens with zero attached hydrogens (tertiary/aromatic N) is 2. The van der Waals surface area contributed by atoms with Gasteiger partial charge in [0, 0.05) is 23.5 Å². The van der Waals surface area contributed by atoms with Crippen LogP contribution in [0.2, 0.25) is 0 Å². The van der Waals surface area contributed by atoms with Crippen molar-refractivity contribution >= 4 is 11.9 Å². The average molecular weight is 288 g/mol. The van der Waals surface area contributed by atoms with Gasteiger partial charge in [-0.1, -0.05) is 0 Å². The average Bonchev–Trinajstić information content (AvgIpc) is 2.38. The minimum Gasteiger partial charge on any atom is -0.545 e. The molecule has 20 heavy (non-hydrogen) atoms. The molecule has 2 aromatic heterocycles. The molecule has 0 aliphatic rings. The van der Waals surface area contributed by atoms with Gasteiger partial charge in [0.1, 0.15) is 0 Å². The van der Waals surface area contributed by atoms with E-state index in [1.165, 1.54) is 36.7 Å². The second kappa shape index (κ2) is 8.51. The Morgan fingerprint density at radius 1 is 0.800 bits per heavy atom. The molecule has 2 heterocycles. The fourth-order valence-corrected chi connectivity index (χ4v) is 1.52. The van der Waals surface area contributed by atoms with Crippen LogP contribution in [0.15, 0.2) is 36.7 Å². The summed E-state index contributed by atoms with van der Waals surface area (Å²) in [6.45, 7) is 0. The Balaban J connectivity index is 0.00000180. The van der Waals surface area contributed by atoms with Crippen molar-refractivity contribution in [1.29, 1.82) is 0 Å². The summed E-state index contributed by atoms with van der Waals surface area (Å²) in [5, 5.41) is 21.9. The molecule has 0 amide bonds. The van der Waals surface area contributed by atoms with Crippen molar-refractivity contribution in [1.82, 2.24) is 9.97 Å². The summed E-state index contributed by atoms with van der Waals surface area (Å²) in [5.74, 6) is -2.90. The number of hydrogen-bond donors (Lipinski definition) is 0. The summed E-state index contributed by atoms with van der Waals surface area (Å²) in [6, 6.07) is 5.36. The Morgan fingerprint density at radius 3 is 1.45 bits per heavy atom. The molecule has 0 aliphatic carbocycles. The van der Waals surface area contributed by atoms with Gasteiger partial charge in [-0.05, 0) is 24.3 Å². The van der Waals surface area contributed by atoms with Gasteiger partial charge >= 0.3 is 59.1 Å². The molecule has 2 rings (SSSR count). The van der Waals surface area contributed by atoms with Crippen LogP contribution in [0.3, 0.4) is 0 Å². The molecule has 0 radical (unpaired) electrons. The second-order valence-electron chi connectivity index (χ2n) is 3.37. The molecule has 0 aliphatic heterocycles. The SMILES string of the molecule is O=C([O-])c1cccnc1-c1ncccc1C(=O)[O-].[Na+].[Na+]. The minimum absolute atomic E-state index is 0. The van der Waals surface area contributed by atoms with Crippen LogP contribution in [-0.4, -0.2) is 21.9 Å². The molecule has 2 aromatic rings. The molecule has 0 spiro atoms. The van der Waals surface area contributed by atoms with E-state index in [9.17, 15) is 19.8 Å². The van der Waals surface area contributed by atoms with Crippen LogP contribution in [0.4, 0.5) is 0 Å². The fraction of sp³-hybridized carbons (Fsp3) is 0. The monoisotopic (exact) mass is 288 g/mol. The van der Waals surface area contributed by atoms with Crippen molar-refractivity contribution in [2.75, 3.05) is 0 Å². The first-order chi connectivity index (χ1) is 8.61. The number of carboxylic acids is 2. The van der Waals surface area contributed by atoms with Crippen molar-refractivity contribution in [2.45, 2.75) is 0 Å². The molecule has 0 saturated carbocycles. The first-order valence-electron chi connectivity index (χ1n) is 4.94. The van der Waals surface area contributed by atoms with E-state index >= 15 is 0 Å². The Morgan fingerprint density at radius 2 is 1.15 bits per heavy atom. The van der Waals surface area contributed by atoms with Crippen LogP contribution in [0.5, 0.6) is 0 Å². The largest absolute Gasteiger partial charge is 1.00 e. The van der Waals surface area contributed by atoms with Crippen LogP contribution in [0, 0.1) is 0 Å². The maximum atomic E-state index is 10.9. The Bertz CT molecular complexity index is 579. The van der Waals surface area contributed by atoms with E-state index in [0.717, 1.165) is 0 Å². The summed E-state index contributed by atoms with van der Waals surface area (Å²) in [5.41, 5.74) is -0.563. The Labute approximate surface area is 158 Å². The number of aromatic carboxylic acids is 2. The Kier molecular flexibility index (Phi) is 8.19. The van der Waals surface area contributed by atoms with Gasteiger partial charge in [-0.15, -0.1) is 0 Å². The molecule has 0 saturated heterocycles. The van der Waals surface area contributed by atoms with Gasteiger partial charge in [-0.3, -0.25) is 9.97 Å². The summed E-state index contributed by atoms with van der Waals surface area (Å²) in [4.78, 5) is 29.5. The summed E-state index contributed by atoms with van der Waals surface area (Å²) in [6.07, 6.45) is 2.69. The van der Waals surface area contributed by atoms with Gasteiger partial charge in [0.05, 0.1) is 23.3 Å². The van der Waals surface area contributed by atoms with E-state index in [-0.39, 0.29) is 81.6 Å². The summed E-state index contributed by atoms with van der Waals surface area (Å²) in [7, 11) is 0. The van der Waals surface area contributed by atoms with Crippen molar-refractivity contribution < 1.29 is 78.9 Å². The van der Waals surface area contributed by atoms with Crippen LogP contribution < -0.4 is 69.3 Å². The van der Waals surface area contributed by atoms with Gasteiger partial charge in [0.2, 0.25) is 0 Å². The second-order valence-corrected chi connectivity index (χ2v) is 3.37. The third kappa shape index (κ3) is 4.12. The maximum Gasteiger partial charge on any atom is 1.00 e. The predicted molar refractivity (Wildman–Crippen MR) is 56.1 cm³/mol. The number of carboxylic acid groups (broad SMARTS) is 2. The van der Waals surface area contributed by atoms with E-state index in [1.54, 1.807) is 0 Å². The summed E-state index contributed by atoms with van der Waals surface area (Å²) >= 11 is 0. The van der Waals surface area contributed by atoms with Gasteiger partial charge < -0.3 is 19.8 Å². The maximum absolute atomic E-state index is 10.9. The van der Waals surface area contributed by atoms with Crippen molar-refractivity contribution in [3.63, 3.8) is 0 Å². The van der Waals surface area contributed by atoms with E-state index in [4.69, 9.17) is 0 Å². The van der Waals surface area contributed by atoms with Crippen molar-refractivity contribution in [3.05, 3.63) is 47.8 Å². The number of hydrogen-bond acceptors (Lipinski definition) is 6. The molecule has 0 N–H and O–H groups in total. The molecule has 0 atom stereocenters. The molecule has 8 heteroatoms. The topological polar surface area (TPSA) is 106 Å². The zero-order valence-electron chi connectivity index (χ0n) is 11.0.